The number of aryl methyl sites for hydroxylation is 1. The highest BCUT2D eigenvalue weighted by molar-refractivity contribution is 5.81. The van der Waals surface area contributed by atoms with Gasteiger partial charge >= 0.3 is 0 Å². The SMILES string of the molecule is CCN(CC)C(=O)Cn1c(CCCNC(=O)Cc2ccc(OC)cc2)nc2ccccc21. The van der Waals surface area contributed by atoms with Crippen molar-refractivity contribution in [2.24, 2.45) is 0 Å². The van der Waals surface area contributed by atoms with Crippen molar-refractivity contribution >= 4 is 22.8 Å². The number of ether oxygens (including phenoxy) is 1. The minimum absolute atomic E-state index is 0.0135. The van der Waals surface area contributed by atoms with Crippen LogP contribution >= 0.6 is 0 Å². The molecule has 1 aromatic heterocycles. The van der Waals surface area contributed by atoms with Crippen molar-refractivity contribution in [2.75, 3.05) is 26.7 Å². The van der Waals surface area contributed by atoms with Crippen molar-refractivity contribution < 1.29 is 14.3 Å². The Balaban J connectivity index is 1.58. The predicted octanol–water partition coefficient (Wildman–Crippen LogP) is 3.20. The number of imidazole rings is 1. The summed E-state index contributed by atoms with van der Waals surface area (Å²) in [4.78, 5) is 31.5. The molecule has 0 radical (unpaired) electrons. The van der Waals surface area contributed by atoms with E-state index >= 15 is 0 Å². The first-order valence-corrected chi connectivity index (χ1v) is 11.2. The molecule has 3 rings (SSSR count). The van der Waals surface area contributed by atoms with Crippen LogP contribution in [0, 0.1) is 0 Å². The summed E-state index contributed by atoms with van der Waals surface area (Å²) in [6, 6.07) is 15.4. The van der Waals surface area contributed by atoms with Crippen LogP contribution in [0.5, 0.6) is 5.75 Å². The van der Waals surface area contributed by atoms with E-state index in [0.717, 1.165) is 34.6 Å². The Morgan fingerprint density at radius 1 is 1.06 bits per heavy atom. The number of hydrogen-bond donors (Lipinski definition) is 1. The van der Waals surface area contributed by atoms with Gasteiger partial charge in [-0.2, -0.15) is 0 Å². The van der Waals surface area contributed by atoms with Gasteiger partial charge in [-0.1, -0.05) is 24.3 Å². The molecule has 0 spiro atoms. The van der Waals surface area contributed by atoms with Crippen molar-refractivity contribution in [3.63, 3.8) is 0 Å². The third kappa shape index (κ3) is 5.87. The zero-order chi connectivity index (χ0) is 22.9. The van der Waals surface area contributed by atoms with Gasteiger partial charge < -0.3 is 19.5 Å². The minimum Gasteiger partial charge on any atom is -0.497 e. The number of hydrogen-bond acceptors (Lipinski definition) is 4. The number of carbonyl (C=O) groups excluding carboxylic acids is 2. The lowest BCUT2D eigenvalue weighted by Gasteiger charge is -2.20. The van der Waals surface area contributed by atoms with E-state index in [9.17, 15) is 9.59 Å². The van der Waals surface area contributed by atoms with Gasteiger partial charge in [0.05, 0.1) is 24.6 Å². The lowest BCUT2D eigenvalue weighted by Crippen LogP contribution is -2.33. The molecule has 0 aliphatic heterocycles. The first-order valence-electron chi connectivity index (χ1n) is 11.2. The second kappa shape index (κ2) is 11.3. The summed E-state index contributed by atoms with van der Waals surface area (Å²) < 4.78 is 7.15. The average molecular weight is 437 g/mol. The van der Waals surface area contributed by atoms with Gasteiger partial charge in [-0.3, -0.25) is 9.59 Å². The highest BCUT2D eigenvalue weighted by atomic mass is 16.5. The smallest absolute Gasteiger partial charge is 0.242 e. The van der Waals surface area contributed by atoms with E-state index in [-0.39, 0.29) is 18.4 Å². The fraction of sp³-hybridized carbons (Fsp3) is 0.400. The molecule has 0 aliphatic rings. The summed E-state index contributed by atoms with van der Waals surface area (Å²) >= 11 is 0. The summed E-state index contributed by atoms with van der Waals surface area (Å²) in [5.74, 6) is 1.72. The molecular formula is C25H32N4O3. The number of para-hydroxylation sites is 2. The van der Waals surface area contributed by atoms with Gasteiger partial charge in [0, 0.05) is 26.1 Å². The summed E-state index contributed by atoms with van der Waals surface area (Å²) in [5.41, 5.74) is 2.80. The molecule has 0 bridgehead atoms. The van der Waals surface area contributed by atoms with E-state index in [0.29, 0.717) is 32.5 Å². The number of rotatable bonds is 11. The Morgan fingerprint density at radius 2 is 1.78 bits per heavy atom. The van der Waals surface area contributed by atoms with E-state index < -0.39 is 0 Å². The number of benzene rings is 2. The molecule has 1 N–H and O–H groups in total. The molecule has 3 aromatic rings. The normalized spacial score (nSPS) is 10.8. The lowest BCUT2D eigenvalue weighted by atomic mass is 10.1. The number of fused-ring (bicyclic) bond motifs is 1. The Morgan fingerprint density at radius 3 is 2.47 bits per heavy atom. The molecule has 1 heterocycles. The molecule has 7 heteroatoms. The number of carbonyl (C=O) groups is 2. The highest BCUT2D eigenvalue weighted by Gasteiger charge is 2.16. The highest BCUT2D eigenvalue weighted by Crippen LogP contribution is 2.18. The van der Waals surface area contributed by atoms with Gasteiger partial charge in [-0.05, 0) is 50.1 Å². The van der Waals surface area contributed by atoms with E-state index in [1.54, 1.807) is 7.11 Å². The van der Waals surface area contributed by atoms with Crippen LogP contribution < -0.4 is 10.1 Å². The van der Waals surface area contributed by atoms with Crippen molar-refractivity contribution in [1.29, 1.82) is 0 Å². The topological polar surface area (TPSA) is 76.5 Å². The third-order valence-corrected chi connectivity index (χ3v) is 5.57. The van der Waals surface area contributed by atoms with Gasteiger partial charge in [0.15, 0.2) is 0 Å². The van der Waals surface area contributed by atoms with Gasteiger partial charge in [0.2, 0.25) is 11.8 Å². The molecule has 2 amide bonds. The van der Waals surface area contributed by atoms with Gasteiger partial charge in [0.25, 0.3) is 0 Å². The molecule has 0 fully saturated rings. The van der Waals surface area contributed by atoms with Crippen molar-refractivity contribution in [1.82, 2.24) is 19.8 Å². The standard InChI is InChI=1S/C25H32N4O3/c1-4-28(5-2)25(31)18-29-22-10-7-6-9-21(22)27-23(29)11-8-16-26-24(30)17-19-12-14-20(32-3)15-13-19/h6-7,9-10,12-15H,4-5,8,11,16-18H2,1-3H3,(H,26,30). The molecule has 7 nitrogen and oxygen atoms in total. The molecular weight excluding hydrogens is 404 g/mol. The molecule has 0 saturated carbocycles. The van der Waals surface area contributed by atoms with E-state index in [1.165, 1.54) is 0 Å². The summed E-state index contributed by atoms with van der Waals surface area (Å²) in [7, 11) is 1.62. The van der Waals surface area contributed by atoms with E-state index in [2.05, 4.69) is 5.32 Å². The second-order valence-corrected chi connectivity index (χ2v) is 7.65. The fourth-order valence-electron chi connectivity index (χ4n) is 3.77. The molecule has 0 aliphatic carbocycles. The van der Waals surface area contributed by atoms with Crippen LogP contribution in [0.3, 0.4) is 0 Å². The lowest BCUT2D eigenvalue weighted by molar-refractivity contribution is -0.131. The van der Waals surface area contributed by atoms with Crippen LogP contribution in [0.15, 0.2) is 48.5 Å². The summed E-state index contributed by atoms with van der Waals surface area (Å²) in [6.07, 6.45) is 1.76. The number of nitrogens with one attached hydrogen (secondary N) is 1. The van der Waals surface area contributed by atoms with Crippen molar-refractivity contribution in [2.45, 2.75) is 39.7 Å². The van der Waals surface area contributed by atoms with Crippen LogP contribution in [0.1, 0.15) is 31.7 Å². The Labute approximate surface area is 189 Å². The fourth-order valence-corrected chi connectivity index (χ4v) is 3.77. The van der Waals surface area contributed by atoms with Gasteiger partial charge in [-0.25, -0.2) is 4.98 Å². The first-order chi connectivity index (χ1) is 15.5. The molecule has 32 heavy (non-hydrogen) atoms. The van der Waals surface area contributed by atoms with Crippen LogP contribution in [-0.4, -0.2) is 53.0 Å². The van der Waals surface area contributed by atoms with E-state index in [1.807, 2.05) is 71.8 Å². The molecule has 170 valence electrons. The second-order valence-electron chi connectivity index (χ2n) is 7.65. The van der Waals surface area contributed by atoms with Crippen LogP contribution in [0.25, 0.3) is 11.0 Å². The molecule has 0 unspecified atom stereocenters. The molecule has 0 saturated heterocycles. The minimum atomic E-state index is -0.0135. The van der Waals surface area contributed by atoms with Gasteiger partial charge in [0.1, 0.15) is 18.1 Å². The Kier molecular flexibility index (Phi) is 8.25. The van der Waals surface area contributed by atoms with Crippen LogP contribution in [0.4, 0.5) is 0 Å². The number of aromatic nitrogens is 2. The Hall–Kier alpha value is -3.35. The van der Waals surface area contributed by atoms with Crippen LogP contribution in [-0.2, 0) is 29.0 Å². The first kappa shape index (κ1) is 23.3. The molecule has 0 atom stereocenters. The number of methoxy groups -OCH3 is 1. The summed E-state index contributed by atoms with van der Waals surface area (Å²) in [5, 5.41) is 2.98. The van der Waals surface area contributed by atoms with Crippen molar-refractivity contribution in [3.8, 4) is 5.75 Å². The van der Waals surface area contributed by atoms with Crippen LogP contribution in [0.2, 0.25) is 0 Å². The quantitative estimate of drug-likeness (QED) is 0.468. The number of amides is 2. The zero-order valence-electron chi connectivity index (χ0n) is 19.1. The maximum absolute atomic E-state index is 12.7. The van der Waals surface area contributed by atoms with Gasteiger partial charge in [-0.15, -0.1) is 0 Å². The number of nitrogens with zero attached hydrogens (tertiary/aromatic N) is 3. The van der Waals surface area contributed by atoms with Crippen molar-refractivity contribution in [3.05, 3.63) is 59.9 Å². The Bertz CT molecular complexity index is 1040. The monoisotopic (exact) mass is 436 g/mol. The zero-order valence-corrected chi connectivity index (χ0v) is 19.1. The predicted molar refractivity (Wildman–Crippen MR) is 126 cm³/mol. The maximum atomic E-state index is 12.7. The van der Waals surface area contributed by atoms with E-state index in [4.69, 9.17) is 9.72 Å². The molecule has 2 aromatic carbocycles. The average Bonchev–Trinajstić information content (AvgIpc) is 3.15. The summed E-state index contributed by atoms with van der Waals surface area (Å²) in [6.45, 7) is 6.20. The largest absolute Gasteiger partial charge is 0.497 e. The third-order valence-electron chi connectivity index (χ3n) is 5.57. The number of likely N-dealkylation sites (N-methyl/N-ethyl adjacent to an activating group) is 1. The maximum Gasteiger partial charge on any atom is 0.242 e.